The molecule has 1 aliphatic rings. The van der Waals surface area contributed by atoms with Crippen LogP contribution in [-0.4, -0.2) is 33.8 Å². The number of fused-ring (bicyclic) bond motifs is 1. The maximum absolute atomic E-state index is 12.2. The first-order valence-corrected chi connectivity index (χ1v) is 7.64. The van der Waals surface area contributed by atoms with Crippen LogP contribution in [0.4, 0.5) is 0 Å². The SMILES string of the molecule is Cn1nc(CC(=O)NN2CCCCC2)c2ccccc2c1=O. The topological polar surface area (TPSA) is 67.2 Å². The zero-order chi connectivity index (χ0) is 15.5. The number of hydrazine groups is 1. The Hall–Kier alpha value is -2.21. The summed E-state index contributed by atoms with van der Waals surface area (Å²) in [7, 11) is 1.61. The van der Waals surface area contributed by atoms with Crippen molar-refractivity contribution in [2.75, 3.05) is 13.1 Å². The molecular formula is C16H20N4O2. The maximum Gasteiger partial charge on any atom is 0.274 e. The molecule has 0 aliphatic carbocycles. The summed E-state index contributed by atoms with van der Waals surface area (Å²) in [5.41, 5.74) is 3.42. The number of nitrogens with zero attached hydrogens (tertiary/aromatic N) is 3. The minimum Gasteiger partial charge on any atom is -0.289 e. The van der Waals surface area contributed by atoms with E-state index in [1.54, 1.807) is 13.1 Å². The fourth-order valence-corrected chi connectivity index (χ4v) is 2.88. The Kier molecular flexibility index (Phi) is 4.20. The minimum atomic E-state index is -0.143. The van der Waals surface area contributed by atoms with Crippen molar-refractivity contribution in [2.24, 2.45) is 7.05 Å². The Morgan fingerprint density at radius 2 is 1.86 bits per heavy atom. The summed E-state index contributed by atoms with van der Waals surface area (Å²) >= 11 is 0. The predicted octanol–water partition coefficient (Wildman–Crippen LogP) is 0.993. The summed E-state index contributed by atoms with van der Waals surface area (Å²) in [5, 5.41) is 7.57. The number of carbonyl (C=O) groups is 1. The molecule has 1 saturated heterocycles. The van der Waals surface area contributed by atoms with Crippen molar-refractivity contribution in [2.45, 2.75) is 25.7 Å². The van der Waals surface area contributed by atoms with Gasteiger partial charge in [-0.1, -0.05) is 24.6 Å². The highest BCUT2D eigenvalue weighted by molar-refractivity contribution is 5.88. The van der Waals surface area contributed by atoms with Crippen molar-refractivity contribution in [1.29, 1.82) is 0 Å². The third-order valence-corrected chi connectivity index (χ3v) is 4.00. The van der Waals surface area contributed by atoms with Gasteiger partial charge < -0.3 is 0 Å². The quantitative estimate of drug-likeness (QED) is 0.918. The number of carbonyl (C=O) groups excluding carboxylic acids is 1. The van der Waals surface area contributed by atoms with E-state index in [1.807, 2.05) is 23.2 Å². The average molecular weight is 300 g/mol. The second-order valence-electron chi connectivity index (χ2n) is 5.68. The van der Waals surface area contributed by atoms with E-state index >= 15 is 0 Å². The van der Waals surface area contributed by atoms with Gasteiger partial charge in [0.25, 0.3) is 5.56 Å². The van der Waals surface area contributed by atoms with Crippen LogP contribution in [-0.2, 0) is 18.3 Å². The molecule has 6 heteroatoms. The Labute approximate surface area is 128 Å². The van der Waals surface area contributed by atoms with Crippen molar-refractivity contribution in [3.8, 4) is 0 Å². The summed E-state index contributed by atoms with van der Waals surface area (Å²) < 4.78 is 1.30. The Morgan fingerprint density at radius 1 is 1.18 bits per heavy atom. The molecule has 0 bridgehead atoms. The lowest BCUT2D eigenvalue weighted by Crippen LogP contribution is -2.45. The van der Waals surface area contributed by atoms with Crippen LogP contribution in [0.3, 0.4) is 0 Å². The average Bonchev–Trinajstić information content (AvgIpc) is 2.53. The number of aromatic nitrogens is 2. The van der Waals surface area contributed by atoms with Gasteiger partial charge in [-0.15, -0.1) is 0 Å². The van der Waals surface area contributed by atoms with E-state index < -0.39 is 0 Å². The Balaban J connectivity index is 1.82. The first-order valence-electron chi connectivity index (χ1n) is 7.64. The van der Waals surface area contributed by atoms with Gasteiger partial charge in [0.2, 0.25) is 5.91 Å². The van der Waals surface area contributed by atoms with Gasteiger partial charge in [-0.2, -0.15) is 5.10 Å². The fraction of sp³-hybridized carbons (Fsp3) is 0.438. The van der Waals surface area contributed by atoms with E-state index in [2.05, 4.69) is 10.5 Å². The van der Waals surface area contributed by atoms with Crippen LogP contribution in [0.2, 0.25) is 0 Å². The van der Waals surface area contributed by atoms with Crippen molar-refractivity contribution < 1.29 is 4.79 Å². The number of hydrogen-bond donors (Lipinski definition) is 1. The van der Waals surface area contributed by atoms with Gasteiger partial charge in [0, 0.05) is 25.5 Å². The van der Waals surface area contributed by atoms with Crippen LogP contribution >= 0.6 is 0 Å². The highest BCUT2D eigenvalue weighted by Gasteiger charge is 2.16. The summed E-state index contributed by atoms with van der Waals surface area (Å²) in [6.45, 7) is 1.79. The summed E-state index contributed by atoms with van der Waals surface area (Å²) in [5.74, 6) is -0.0850. The highest BCUT2D eigenvalue weighted by Crippen LogP contribution is 2.13. The normalized spacial score (nSPS) is 15.9. The molecule has 0 radical (unpaired) electrons. The molecule has 1 aromatic carbocycles. The third kappa shape index (κ3) is 3.01. The molecule has 0 unspecified atom stereocenters. The van der Waals surface area contributed by atoms with Gasteiger partial charge >= 0.3 is 0 Å². The van der Waals surface area contributed by atoms with Crippen LogP contribution in [0.1, 0.15) is 25.0 Å². The molecule has 6 nitrogen and oxygen atoms in total. The molecule has 2 heterocycles. The molecule has 3 rings (SSSR count). The highest BCUT2D eigenvalue weighted by atomic mass is 16.2. The summed E-state index contributed by atoms with van der Waals surface area (Å²) in [6.07, 6.45) is 3.62. The van der Waals surface area contributed by atoms with Crippen molar-refractivity contribution >= 4 is 16.7 Å². The van der Waals surface area contributed by atoms with Gasteiger partial charge in [0.05, 0.1) is 17.5 Å². The first-order chi connectivity index (χ1) is 10.6. The standard InChI is InChI=1S/C16H20N4O2/c1-19-16(22)13-8-4-3-7-12(13)14(17-19)11-15(21)18-20-9-5-2-6-10-20/h3-4,7-8H,2,5-6,9-11H2,1H3,(H,18,21). The number of piperidine rings is 1. The second-order valence-corrected chi connectivity index (χ2v) is 5.68. The van der Waals surface area contributed by atoms with E-state index in [0.717, 1.165) is 31.3 Å². The Bertz CT molecular complexity index is 747. The smallest absolute Gasteiger partial charge is 0.274 e. The molecule has 1 fully saturated rings. The van der Waals surface area contributed by atoms with Crippen LogP contribution in [0, 0.1) is 0 Å². The van der Waals surface area contributed by atoms with Crippen LogP contribution in [0.25, 0.3) is 10.8 Å². The number of amides is 1. The molecular weight excluding hydrogens is 280 g/mol. The minimum absolute atomic E-state index is 0.0850. The molecule has 1 amide bonds. The van der Waals surface area contributed by atoms with Crippen molar-refractivity contribution in [1.82, 2.24) is 20.2 Å². The van der Waals surface area contributed by atoms with Gasteiger partial charge in [0.1, 0.15) is 0 Å². The van der Waals surface area contributed by atoms with Gasteiger partial charge in [-0.25, -0.2) is 9.69 Å². The molecule has 22 heavy (non-hydrogen) atoms. The number of hydrogen-bond acceptors (Lipinski definition) is 4. The maximum atomic E-state index is 12.2. The van der Waals surface area contributed by atoms with Gasteiger partial charge in [-0.3, -0.25) is 15.0 Å². The summed E-state index contributed by atoms with van der Waals surface area (Å²) in [4.78, 5) is 24.3. The number of aryl methyl sites for hydroxylation is 1. The molecule has 0 saturated carbocycles. The van der Waals surface area contributed by atoms with E-state index in [1.165, 1.54) is 11.1 Å². The molecule has 2 aromatic rings. The van der Waals surface area contributed by atoms with Crippen LogP contribution < -0.4 is 11.0 Å². The van der Waals surface area contributed by atoms with Crippen molar-refractivity contribution in [3.05, 3.63) is 40.3 Å². The molecule has 0 atom stereocenters. The number of nitrogens with one attached hydrogen (secondary N) is 1. The second kappa shape index (κ2) is 6.27. The third-order valence-electron chi connectivity index (χ3n) is 4.00. The monoisotopic (exact) mass is 300 g/mol. The number of rotatable bonds is 3. The molecule has 116 valence electrons. The predicted molar refractivity (Wildman–Crippen MR) is 84.3 cm³/mol. The first kappa shape index (κ1) is 14.7. The van der Waals surface area contributed by atoms with Gasteiger partial charge in [-0.05, 0) is 18.9 Å². The molecule has 0 spiro atoms. The molecule has 1 N–H and O–H groups in total. The zero-order valence-corrected chi connectivity index (χ0v) is 12.7. The molecule has 1 aliphatic heterocycles. The van der Waals surface area contributed by atoms with Gasteiger partial charge in [0.15, 0.2) is 0 Å². The lowest BCUT2D eigenvalue weighted by atomic mass is 10.1. The van der Waals surface area contributed by atoms with E-state index in [-0.39, 0.29) is 17.9 Å². The van der Waals surface area contributed by atoms with E-state index in [0.29, 0.717) is 11.1 Å². The van der Waals surface area contributed by atoms with E-state index in [4.69, 9.17) is 0 Å². The summed E-state index contributed by atoms with van der Waals surface area (Å²) in [6, 6.07) is 7.29. The zero-order valence-electron chi connectivity index (χ0n) is 12.7. The Morgan fingerprint density at radius 3 is 2.59 bits per heavy atom. The lowest BCUT2D eigenvalue weighted by molar-refractivity contribution is -0.125. The van der Waals surface area contributed by atoms with Crippen LogP contribution in [0.5, 0.6) is 0 Å². The number of benzene rings is 1. The fourth-order valence-electron chi connectivity index (χ4n) is 2.88. The van der Waals surface area contributed by atoms with Crippen molar-refractivity contribution in [3.63, 3.8) is 0 Å². The lowest BCUT2D eigenvalue weighted by Gasteiger charge is -2.26. The van der Waals surface area contributed by atoms with Crippen LogP contribution in [0.15, 0.2) is 29.1 Å². The largest absolute Gasteiger partial charge is 0.289 e. The molecule has 1 aromatic heterocycles. The van der Waals surface area contributed by atoms with E-state index in [9.17, 15) is 9.59 Å².